The molecule has 0 unspecified atom stereocenters. The molecule has 4 heteroatoms. The third kappa shape index (κ3) is 2.87. The normalized spacial score (nSPS) is 14.5. The number of carbonyl (C=O) groups excluding carboxylic acids is 1. The molecule has 0 bridgehead atoms. The predicted molar refractivity (Wildman–Crippen MR) is 58.2 cm³/mol. The molecule has 0 spiro atoms. The molecule has 2 amide bonds. The first-order valence-electron chi connectivity index (χ1n) is 4.99. The van der Waals surface area contributed by atoms with Crippen LogP contribution in [-0.2, 0) is 0 Å². The van der Waals surface area contributed by atoms with Crippen molar-refractivity contribution in [1.82, 2.24) is 5.32 Å². The molecule has 15 heavy (non-hydrogen) atoms. The Morgan fingerprint density at radius 3 is 2.53 bits per heavy atom. The second kappa shape index (κ2) is 4.21. The second-order valence-electron chi connectivity index (χ2n) is 3.60. The lowest BCUT2D eigenvalue weighted by Crippen LogP contribution is -2.30. The number of hydrogen-bond donors (Lipinski definition) is 2. The van der Waals surface area contributed by atoms with Gasteiger partial charge in [0.05, 0.1) is 7.11 Å². The number of anilines is 1. The van der Waals surface area contributed by atoms with Crippen LogP contribution in [0.15, 0.2) is 24.3 Å². The number of hydrogen-bond acceptors (Lipinski definition) is 2. The highest BCUT2D eigenvalue weighted by Crippen LogP contribution is 2.19. The fourth-order valence-electron chi connectivity index (χ4n) is 1.25. The maximum absolute atomic E-state index is 11.4. The zero-order valence-corrected chi connectivity index (χ0v) is 8.62. The van der Waals surface area contributed by atoms with E-state index < -0.39 is 0 Å². The van der Waals surface area contributed by atoms with E-state index in [1.165, 1.54) is 0 Å². The van der Waals surface area contributed by atoms with Crippen LogP contribution in [0.3, 0.4) is 0 Å². The summed E-state index contributed by atoms with van der Waals surface area (Å²) in [5, 5.41) is 5.61. The Morgan fingerprint density at radius 1 is 1.33 bits per heavy atom. The number of benzene rings is 1. The Morgan fingerprint density at radius 2 is 2.00 bits per heavy atom. The van der Waals surface area contributed by atoms with Gasteiger partial charge in [0.2, 0.25) is 0 Å². The Hall–Kier alpha value is -1.71. The zero-order valence-electron chi connectivity index (χ0n) is 8.62. The summed E-state index contributed by atoms with van der Waals surface area (Å²) in [6.07, 6.45) is 2.19. The minimum absolute atomic E-state index is 0.136. The van der Waals surface area contributed by atoms with E-state index in [1.807, 2.05) is 24.3 Å². The SMILES string of the molecule is COc1ccc(NC(=O)NC2CC2)cc1. The van der Waals surface area contributed by atoms with Crippen molar-refractivity contribution >= 4 is 11.7 Å². The summed E-state index contributed by atoms with van der Waals surface area (Å²) in [5.74, 6) is 0.781. The summed E-state index contributed by atoms with van der Waals surface area (Å²) in [6, 6.07) is 7.49. The van der Waals surface area contributed by atoms with Crippen LogP contribution in [-0.4, -0.2) is 19.2 Å². The first kappa shape index (κ1) is 9.83. The van der Waals surface area contributed by atoms with Gasteiger partial charge in [-0.2, -0.15) is 0 Å². The van der Waals surface area contributed by atoms with Crippen LogP contribution in [0.25, 0.3) is 0 Å². The van der Waals surface area contributed by atoms with E-state index in [1.54, 1.807) is 7.11 Å². The van der Waals surface area contributed by atoms with Gasteiger partial charge in [-0.1, -0.05) is 0 Å². The van der Waals surface area contributed by atoms with Crippen molar-refractivity contribution in [2.75, 3.05) is 12.4 Å². The largest absolute Gasteiger partial charge is 0.497 e. The third-order valence-electron chi connectivity index (χ3n) is 2.26. The first-order valence-corrected chi connectivity index (χ1v) is 4.99. The van der Waals surface area contributed by atoms with Gasteiger partial charge in [0.25, 0.3) is 0 Å². The van der Waals surface area contributed by atoms with Crippen molar-refractivity contribution in [3.8, 4) is 5.75 Å². The van der Waals surface area contributed by atoms with Gasteiger partial charge in [-0.3, -0.25) is 0 Å². The Kier molecular flexibility index (Phi) is 2.76. The van der Waals surface area contributed by atoms with Crippen molar-refractivity contribution < 1.29 is 9.53 Å². The molecule has 1 aromatic carbocycles. The molecule has 0 heterocycles. The summed E-state index contributed by atoms with van der Waals surface area (Å²) in [4.78, 5) is 11.4. The van der Waals surface area contributed by atoms with Crippen molar-refractivity contribution in [2.45, 2.75) is 18.9 Å². The molecule has 1 aromatic rings. The lowest BCUT2D eigenvalue weighted by atomic mass is 10.3. The van der Waals surface area contributed by atoms with Gasteiger partial charge < -0.3 is 15.4 Å². The third-order valence-corrected chi connectivity index (χ3v) is 2.26. The van der Waals surface area contributed by atoms with Crippen LogP contribution in [0.2, 0.25) is 0 Å². The standard InChI is InChI=1S/C11H14N2O2/c1-15-10-6-4-9(5-7-10)13-11(14)12-8-2-3-8/h4-8H,2-3H2,1H3,(H2,12,13,14). The minimum Gasteiger partial charge on any atom is -0.497 e. The number of amides is 2. The average Bonchev–Trinajstić information content (AvgIpc) is 3.03. The van der Waals surface area contributed by atoms with Crippen molar-refractivity contribution in [3.63, 3.8) is 0 Å². The Balaban J connectivity index is 1.88. The van der Waals surface area contributed by atoms with Crippen LogP contribution < -0.4 is 15.4 Å². The van der Waals surface area contributed by atoms with E-state index in [0.29, 0.717) is 6.04 Å². The van der Waals surface area contributed by atoms with E-state index in [2.05, 4.69) is 10.6 Å². The molecule has 2 rings (SSSR count). The van der Waals surface area contributed by atoms with Crippen LogP contribution in [0.1, 0.15) is 12.8 Å². The second-order valence-corrected chi connectivity index (χ2v) is 3.60. The number of methoxy groups -OCH3 is 1. The van der Waals surface area contributed by atoms with Gasteiger partial charge in [0.1, 0.15) is 5.75 Å². The average molecular weight is 206 g/mol. The minimum atomic E-state index is -0.136. The Bertz CT molecular complexity index is 344. The Labute approximate surface area is 88.6 Å². The summed E-state index contributed by atoms with van der Waals surface area (Å²) in [5.41, 5.74) is 0.772. The van der Waals surface area contributed by atoms with Gasteiger partial charge in [-0.15, -0.1) is 0 Å². The molecule has 1 aliphatic rings. The molecular formula is C11H14N2O2. The van der Waals surface area contributed by atoms with E-state index in [4.69, 9.17) is 4.74 Å². The molecule has 1 fully saturated rings. The maximum atomic E-state index is 11.4. The molecule has 2 N–H and O–H groups in total. The van der Waals surface area contributed by atoms with Gasteiger partial charge in [-0.25, -0.2) is 4.79 Å². The van der Waals surface area contributed by atoms with Crippen LogP contribution in [0.5, 0.6) is 5.75 Å². The number of carbonyl (C=O) groups is 1. The summed E-state index contributed by atoms with van der Waals surface area (Å²) in [6.45, 7) is 0. The molecular weight excluding hydrogens is 192 g/mol. The van der Waals surface area contributed by atoms with Crippen molar-refractivity contribution in [2.24, 2.45) is 0 Å². The highest BCUT2D eigenvalue weighted by atomic mass is 16.5. The molecule has 0 radical (unpaired) electrons. The van der Waals surface area contributed by atoms with Gasteiger partial charge in [0.15, 0.2) is 0 Å². The van der Waals surface area contributed by atoms with Crippen LogP contribution >= 0.6 is 0 Å². The van der Waals surface area contributed by atoms with Gasteiger partial charge in [0, 0.05) is 11.7 Å². The van der Waals surface area contributed by atoms with Crippen molar-refractivity contribution in [1.29, 1.82) is 0 Å². The van der Waals surface area contributed by atoms with Crippen LogP contribution in [0, 0.1) is 0 Å². The first-order chi connectivity index (χ1) is 7.28. The molecule has 4 nitrogen and oxygen atoms in total. The molecule has 0 atom stereocenters. The number of rotatable bonds is 3. The smallest absolute Gasteiger partial charge is 0.319 e. The maximum Gasteiger partial charge on any atom is 0.319 e. The molecule has 0 saturated heterocycles. The highest BCUT2D eigenvalue weighted by Gasteiger charge is 2.22. The quantitative estimate of drug-likeness (QED) is 0.794. The van der Waals surface area contributed by atoms with E-state index in [9.17, 15) is 4.79 Å². The molecule has 0 aliphatic heterocycles. The molecule has 1 saturated carbocycles. The summed E-state index contributed by atoms with van der Waals surface area (Å²) < 4.78 is 5.02. The fourth-order valence-corrected chi connectivity index (χ4v) is 1.25. The summed E-state index contributed by atoms with van der Waals surface area (Å²) in [7, 11) is 1.61. The van der Waals surface area contributed by atoms with E-state index in [0.717, 1.165) is 24.3 Å². The topological polar surface area (TPSA) is 50.4 Å². The van der Waals surface area contributed by atoms with Crippen molar-refractivity contribution in [3.05, 3.63) is 24.3 Å². The zero-order chi connectivity index (χ0) is 10.7. The monoisotopic (exact) mass is 206 g/mol. The fraction of sp³-hybridized carbons (Fsp3) is 0.364. The number of urea groups is 1. The highest BCUT2D eigenvalue weighted by molar-refractivity contribution is 5.89. The molecule has 0 aromatic heterocycles. The number of ether oxygens (including phenoxy) is 1. The molecule has 1 aliphatic carbocycles. The van der Waals surface area contributed by atoms with Gasteiger partial charge >= 0.3 is 6.03 Å². The van der Waals surface area contributed by atoms with Crippen LogP contribution in [0.4, 0.5) is 10.5 Å². The van der Waals surface area contributed by atoms with E-state index in [-0.39, 0.29) is 6.03 Å². The lowest BCUT2D eigenvalue weighted by molar-refractivity contribution is 0.251. The van der Waals surface area contributed by atoms with Gasteiger partial charge in [-0.05, 0) is 37.1 Å². The molecule has 80 valence electrons. The van der Waals surface area contributed by atoms with E-state index >= 15 is 0 Å². The number of nitrogens with one attached hydrogen (secondary N) is 2. The summed E-state index contributed by atoms with van der Waals surface area (Å²) >= 11 is 0. The predicted octanol–water partition coefficient (Wildman–Crippen LogP) is 1.98. The lowest BCUT2D eigenvalue weighted by Gasteiger charge is -2.06.